The van der Waals surface area contributed by atoms with E-state index in [-0.39, 0.29) is 16.4 Å². The van der Waals surface area contributed by atoms with Gasteiger partial charge in [0.05, 0.1) is 4.92 Å². The van der Waals surface area contributed by atoms with Crippen molar-refractivity contribution in [2.24, 2.45) is 0 Å². The third kappa shape index (κ3) is 3.78. The summed E-state index contributed by atoms with van der Waals surface area (Å²) in [5, 5.41) is 14.9. The van der Waals surface area contributed by atoms with Gasteiger partial charge in [-0.2, -0.15) is 0 Å². The SMILES string of the molecule is O=[N+]([O-])c1c(NCCc2ccccc2)ncnc1N1CCc2ccccc2C1. The Morgan fingerprint density at radius 3 is 2.57 bits per heavy atom. The highest BCUT2D eigenvalue weighted by molar-refractivity contribution is 5.70. The molecule has 7 nitrogen and oxygen atoms in total. The summed E-state index contributed by atoms with van der Waals surface area (Å²) in [5.74, 6) is 0.640. The highest BCUT2D eigenvalue weighted by Crippen LogP contribution is 2.34. The van der Waals surface area contributed by atoms with Crippen LogP contribution in [0.25, 0.3) is 0 Å². The van der Waals surface area contributed by atoms with Crippen molar-refractivity contribution < 1.29 is 4.92 Å². The summed E-state index contributed by atoms with van der Waals surface area (Å²) in [6.45, 7) is 1.86. The van der Waals surface area contributed by atoms with Crippen LogP contribution in [0, 0.1) is 10.1 Å². The van der Waals surface area contributed by atoms with E-state index in [4.69, 9.17) is 0 Å². The molecule has 0 radical (unpaired) electrons. The molecule has 0 saturated carbocycles. The van der Waals surface area contributed by atoms with Crippen LogP contribution < -0.4 is 10.2 Å². The summed E-state index contributed by atoms with van der Waals surface area (Å²) < 4.78 is 0. The first-order valence-electron chi connectivity index (χ1n) is 9.31. The maximum atomic E-state index is 11.8. The van der Waals surface area contributed by atoms with Crippen molar-refractivity contribution in [3.8, 4) is 0 Å². The molecule has 0 atom stereocenters. The van der Waals surface area contributed by atoms with E-state index in [0.29, 0.717) is 25.5 Å². The number of hydrogen-bond donors (Lipinski definition) is 1. The van der Waals surface area contributed by atoms with Crippen LogP contribution in [0.3, 0.4) is 0 Å². The second-order valence-corrected chi connectivity index (χ2v) is 6.75. The molecule has 0 unspecified atom stereocenters. The van der Waals surface area contributed by atoms with Gasteiger partial charge in [-0.1, -0.05) is 54.6 Å². The molecule has 0 fully saturated rings. The average Bonchev–Trinajstić information content (AvgIpc) is 2.74. The first kappa shape index (κ1) is 17.9. The van der Waals surface area contributed by atoms with Gasteiger partial charge in [0.15, 0.2) is 0 Å². The molecule has 1 aliphatic heterocycles. The Morgan fingerprint density at radius 2 is 1.79 bits per heavy atom. The fraction of sp³-hybridized carbons (Fsp3) is 0.238. The number of fused-ring (bicyclic) bond motifs is 1. The molecular weight excluding hydrogens is 354 g/mol. The molecule has 7 heteroatoms. The largest absolute Gasteiger partial charge is 0.364 e. The summed E-state index contributed by atoms with van der Waals surface area (Å²) in [6.07, 6.45) is 3.00. The van der Waals surface area contributed by atoms with Crippen LogP contribution in [-0.4, -0.2) is 28.0 Å². The van der Waals surface area contributed by atoms with Crippen molar-refractivity contribution in [2.75, 3.05) is 23.3 Å². The van der Waals surface area contributed by atoms with Gasteiger partial charge in [-0.15, -0.1) is 0 Å². The van der Waals surface area contributed by atoms with E-state index in [1.807, 2.05) is 47.4 Å². The predicted molar refractivity (Wildman–Crippen MR) is 109 cm³/mol. The zero-order valence-corrected chi connectivity index (χ0v) is 15.4. The second kappa shape index (κ2) is 8.04. The summed E-state index contributed by atoms with van der Waals surface area (Å²) in [6, 6.07) is 18.2. The Morgan fingerprint density at radius 1 is 1.04 bits per heavy atom. The van der Waals surface area contributed by atoms with Crippen molar-refractivity contribution >= 4 is 17.3 Å². The van der Waals surface area contributed by atoms with Crippen molar-refractivity contribution in [3.05, 3.63) is 87.7 Å². The van der Waals surface area contributed by atoms with Gasteiger partial charge in [0.2, 0.25) is 11.6 Å². The Balaban J connectivity index is 1.55. The van der Waals surface area contributed by atoms with Gasteiger partial charge in [0, 0.05) is 19.6 Å². The fourth-order valence-electron chi connectivity index (χ4n) is 3.54. The van der Waals surface area contributed by atoms with E-state index in [9.17, 15) is 10.1 Å². The maximum absolute atomic E-state index is 11.8. The van der Waals surface area contributed by atoms with Gasteiger partial charge in [0.1, 0.15) is 6.33 Å². The van der Waals surface area contributed by atoms with E-state index in [0.717, 1.165) is 12.8 Å². The quantitative estimate of drug-likeness (QED) is 0.523. The number of benzene rings is 2. The van der Waals surface area contributed by atoms with Crippen LogP contribution in [0.1, 0.15) is 16.7 Å². The summed E-state index contributed by atoms with van der Waals surface area (Å²) in [5.41, 5.74) is 3.58. The van der Waals surface area contributed by atoms with E-state index >= 15 is 0 Å². The summed E-state index contributed by atoms with van der Waals surface area (Å²) in [4.78, 5) is 21.8. The zero-order valence-electron chi connectivity index (χ0n) is 15.4. The molecule has 1 aliphatic rings. The molecule has 3 aromatic rings. The van der Waals surface area contributed by atoms with Crippen molar-refractivity contribution in [3.63, 3.8) is 0 Å². The Kier molecular flexibility index (Phi) is 5.14. The van der Waals surface area contributed by atoms with E-state index in [2.05, 4.69) is 27.4 Å². The zero-order chi connectivity index (χ0) is 19.3. The number of rotatable bonds is 6. The topological polar surface area (TPSA) is 84.2 Å². The Hall–Kier alpha value is -3.48. The molecule has 1 aromatic heterocycles. The molecule has 1 N–H and O–H groups in total. The highest BCUT2D eigenvalue weighted by Gasteiger charge is 2.28. The molecule has 2 aromatic carbocycles. The average molecular weight is 375 g/mol. The minimum Gasteiger partial charge on any atom is -0.364 e. The molecule has 0 saturated heterocycles. The van der Waals surface area contributed by atoms with Gasteiger partial charge in [-0.3, -0.25) is 10.1 Å². The molecule has 142 valence electrons. The minimum absolute atomic E-state index is 0.0602. The van der Waals surface area contributed by atoms with Crippen LogP contribution >= 0.6 is 0 Å². The number of nitrogens with one attached hydrogen (secondary N) is 1. The monoisotopic (exact) mass is 375 g/mol. The van der Waals surface area contributed by atoms with Crippen LogP contribution in [-0.2, 0) is 19.4 Å². The Labute approximate surface area is 163 Å². The number of nitrogens with zero attached hydrogens (tertiary/aromatic N) is 4. The number of nitro groups is 1. The molecule has 2 heterocycles. The molecule has 0 bridgehead atoms. The predicted octanol–water partition coefficient (Wildman–Crippen LogP) is 3.60. The Bertz CT molecular complexity index is 978. The van der Waals surface area contributed by atoms with E-state index in [1.165, 1.54) is 23.0 Å². The standard InChI is InChI=1S/C21H21N5O2/c27-26(28)19-20(22-12-10-16-6-2-1-3-7-16)23-15-24-21(19)25-13-11-17-8-4-5-9-18(17)14-25/h1-9,15H,10-14H2,(H,22,23,24). The number of aromatic nitrogens is 2. The lowest BCUT2D eigenvalue weighted by atomic mass is 10.00. The first-order valence-corrected chi connectivity index (χ1v) is 9.31. The minimum atomic E-state index is -0.388. The van der Waals surface area contributed by atoms with Crippen molar-refractivity contribution in [1.29, 1.82) is 0 Å². The van der Waals surface area contributed by atoms with Crippen molar-refractivity contribution in [1.82, 2.24) is 9.97 Å². The maximum Gasteiger partial charge on any atom is 0.353 e. The number of anilines is 2. The number of hydrogen-bond acceptors (Lipinski definition) is 6. The summed E-state index contributed by atoms with van der Waals surface area (Å²) >= 11 is 0. The van der Waals surface area contributed by atoms with Gasteiger partial charge < -0.3 is 10.2 Å². The van der Waals surface area contributed by atoms with Gasteiger partial charge in [-0.25, -0.2) is 9.97 Å². The lowest BCUT2D eigenvalue weighted by molar-refractivity contribution is -0.383. The molecule has 4 rings (SSSR count). The molecule has 0 amide bonds. The second-order valence-electron chi connectivity index (χ2n) is 6.75. The van der Waals surface area contributed by atoms with Gasteiger partial charge in [0.25, 0.3) is 0 Å². The fourth-order valence-corrected chi connectivity index (χ4v) is 3.54. The van der Waals surface area contributed by atoms with Crippen LogP contribution in [0.2, 0.25) is 0 Å². The van der Waals surface area contributed by atoms with Crippen LogP contribution in [0.15, 0.2) is 60.9 Å². The molecule has 0 spiro atoms. The molecule has 28 heavy (non-hydrogen) atoms. The van der Waals surface area contributed by atoms with Crippen LogP contribution in [0.5, 0.6) is 0 Å². The smallest absolute Gasteiger partial charge is 0.353 e. The van der Waals surface area contributed by atoms with Gasteiger partial charge >= 0.3 is 5.69 Å². The molecular formula is C21H21N5O2. The lowest BCUT2D eigenvalue weighted by Gasteiger charge is -2.29. The molecule has 0 aliphatic carbocycles. The third-order valence-electron chi connectivity index (χ3n) is 4.96. The summed E-state index contributed by atoms with van der Waals surface area (Å²) in [7, 11) is 0. The van der Waals surface area contributed by atoms with Gasteiger partial charge in [-0.05, 0) is 29.5 Å². The normalized spacial score (nSPS) is 13.1. The van der Waals surface area contributed by atoms with Crippen molar-refractivity contribution in [2.45, 2.75) is 19.4 Å². The first-order chi connectivity index (χ1) is 13.7. The van der Waals surface area contributed by atoms with Crippen LogP contribution in [0.4, 0.5) is 17.3 Å². The van der Waals surface area contributed by atoms with E-state index < -0.39 is 0 Å². The lowest BCUT2D eigenvalue weighted by Crippen LogP contribution is -2.31. The van der Waals surface area contributed by atoms with E-state index in [1.54, 1.807) is 0 Å². The highest BCUT2D eigenvalue weighted by atomic mass is 16.6. The third-order valence-corrected chi connectivity index (χ3v) is 4.96.